The van der Waals surface area contributed by atoms with Crippen LogP contribution in [0.3, 0.4) is 0 Å². The van der Waals surface area contributed by atoms with Crippen molar-refractivity contribution >= 4 is 5.78 Å². The summed E-state index contributed by atoms with van der Waals surface area (Å²) in [7, 11) is 0. The zero-order valence-corrected chi connectivity index (χ0v) is 17.3. The number of piperidine rings is 1. The molecular formula is C29H26NO+. The van der Waals surface area contributed by atoms with Gasteiger partial charge < -0.3 is 5.32 Å². The van der Waals surface area contributed by atoms with Gasteiger partial charge in [-0.3, -0.25) is 4.79 Å². The maximum Gasteiger partial charge on any atom is 0.160 e. The Bertz CT molecular complexity index is 1040. The monoisotopic (exact) mass is 404 g/mol. The van der Waals surface area contributed by atoms with Crippen molar-refractivity contribution in [1.29, 1.82) is 0 Å². The lowest BCUT2D eigenvalue weighted by atomic mass is 9.70. The Hall–Kier alpha value is -3.49. The normalized spacial score (nSPS) is 23.4. The van der Waals surface area contributed by atoms with Crippen LogP contribution in [0.2, 0.25) is 0 Å². The Balaban J connectivity index is 1.67. The minimum absolute atomic E-state index is 0.0290. The van der Waals surface area contributed by atoms with Gasteiger partial charge in [-0.25, -0.2) is 0 Å². The highest BCUT2D eigenvalue weighted by molar-refractivity contribution is 5.93. The molecule has 0 spiro atoms. The molecule has 1 aliphatic heterocycles. The predicted octanol–water partition coefficient (Wildman–Crippen LogP) is 5.18. The minimum atomic E-state index is -0.200. The van der Waals surface area contributed by atoms with Crippen LogP contribution in [0.25, 0.3) is 0 Å². The smallest absolute Gasteiger partial charge is 0.160 e. The number of carbonyl (C=O) groups is 1. The molecule has 0 unspecified atom stereocenters. The Morgan fingerprint density at radius 2 is 0.710 bits per heavy atom. The van der Waals surface area contributed by atoms with Crippen LogP contribution in [0.5, 0.6) is 0 Å². The van der Waals surface area contributed by atoms with Crippen molar-refractivity contribution in [2.24, 2.45) is 0 Å². The molecule has 0 radical (unpaired) electrons. The average molecular weight is 405 g/mol. The number of ketones is 1. The van der Waals surface area contributed by atoms with Gasteiger partial charge in [-0.15, -0.1) is 0 Å². The molecule has 0 aliphatic carbocycles. The summed E-state index contributed by atoms with van der Waals surface area (Å²) in [6.07, 6.45) is 0. The first-order chi connectivity index (χ1) is 15.3. The van der Waals surface area contributed by atoms with Crippen molar-refractivity contribution in [1.82, 2.24) is 0 Å². The van der Waals surface area contributed by atoms with Crippen molar-refractivity contribution < 1.29 is 10.1 Å². The lowest BCUT2D eigenvalue weighted by Crippen LogP contribution is -2.91. The highest BCUT2D eigenvalue weighted by atomic mass is 16.1. The lowest BCUT2D eigenvalue weighted by molar-refractivity contribution is -0.742. The van der Waals surface area contributed by atoms with E-state index < -0.39 is 0 Å². The highest BCUT2D eigenvalue weighted by Gasteiger charge is 2.49. The summed E-state index contributed by atoms with van der Waals surface area (Å²) in [5.74, 6) is -0.106. The second-order valence-electron chi connectivity index (χ2n) is 8.24. The van der Waals surface area contributed by atoms with Crippen LogP contribution in [0.15, 0.2) is 121 Å². The van der Waals surface area contributed by atoms with Gasteiger partial charge >= 0.3 is 0 Å². The van der Waals surface area contributed by atoms with Crippen LogP contribution in [0.1, 0.15) is 46.2 Å². The number of Topliss-reactive ketones (excluding diaryl/α,β-unsaturated/α-hetero) is 1. The SMILES string of the molecule is O=C1[C@@H](c2ccccc2)[C@@H](c2ccccc2)[NH2+][C@@H](c2ccccc2)[C@@H]1c1ccccc1. The van der Waals surface area contributed by atoms with E-state index in [9.17, 15) is 4.79 Å². The quantitative estimate of drug-likeness (QED) is 0.499. The molecule has 5 rings (SSSR count). The van der Waals surface area contributed by atoms with E-state index in [4.69, 9.17) is 0 Å². The standard InChI is InChI=1S/C29H25NO/c31-29-25(21-13-5-1-6-14-21)27(23-17-9-3-10-18-23)30-28(24-19-11-4-12-20-24)26(29)22-15-7-2-8-16-22/h1-20,25-28,30H/p+1/t25-,26-,27-,28+/m0/s1. The average Bonchev–Trinajstić information content (AvgIpc) is 2.85. The summed E-state index contributed by atoms with van der Waals surface area (Å²) in [6.45, 7) is 0. The van der Waals surface area contributed by atoms with E-state index in [2.05, 4.69) is 78.1 Å². The van der Waals surface area contributed by atoms with Gasteiger partial charge in [0.05, 0.1) is 11.8 Å². The zero-order chi connectivity index (χ0) is 21.0. The molecule has 4 atom stereocenters. The molecular weight excluding hydrogens is 378 g/mol. The third kappa shape index (κ3) is 3.83. The molecule has 0 bridgehead atoms. The van der Waals surface area contributed by atoms with E-state index in [0.29, 0.717) is 5.78 Å². The predicted molar refractivity (Wildman–Crippen MR) is 124 cm³/mol. The zero-order valence-electron chi connectivity index (χ0n) is 17.3. The molecule has 0 amide bonds. The summed E-state index contributed by atoms with van der Waals surface area (Å²) in [5.41, 5.74) is 4.56. The minimum Gasteiger partial charge on any atom is -0.332 e. The second kappa shape index (κ2) is 8.71. The van der Waals surface area contributed by atoms with Crippen LogP contribution in [-0.4, -0.2) is 5.78 Å². The van der Waals surface area contributed by atoms with Crippen molar-refractivity contribution in [3.63, 3.8) is 0 Å². The molecule has 0 aromatic heterocycles. The van der Waals surface area contributed by atoms with Crippen molar-refractivity contribution in [3.8, 4) is 0 Å². The summed E-state index contributed by atoms with van der Waals surface area (Å²) < 4.78 is 0. The highest BCUT2D eigenvalue weighted by Crippen LogP contribution is 2.42. The van der Waals surface area contributed by atoms with Gasteiger partial charge in [0.25, 0.3) is 0 Å². The summed E-state index contributed by atoms with van der Waals surface area (Å²) >= 11 is 0. The number of nitrogens with two attached hydrogens (primary N) is 1. The van der Waals surface area contributed by atoms with Crippen molar-refractivity contribution in [2.75, 3.05) is 0 Å². The first-order valence-electron chi connectivity index (χ1n) is 10.9. The molecule has 1 heterocycles. The maximum atomic E-state index is 14.3. The van der Waals surface area contributed by atoms with E-state index in [1.54, 1.807) is 0 Å². The van der Waals surface area contributed by atoms with E-state index >= 15 is 0 Å². The summed E-state index contributed by atoms with van der Waals surface area (Å²) in [6, 6.07) is 41.5. The van der Waals surface area contributed by atoms with Gasteiger partial charge in [0, 0.05) is 11.1 Å². The number of benzene rings is 4. The number of carbonyl (C=O) groups excluding carboxylic acids is 1. The molecule has 2 N–H and O–H groups in total. The van der Waals surface area contributed by atoms with Crippen molar-refractivity contribution in [3.05, 3.63) is 144 Å². The van der Waals surface area contributed by atoms with E-state index in [1.807, 2.05) is 48.5 Å². The van der Waals surface area contributed by atoms with Crippen LogP contribution < -0.4 is 5.32 Å². The molecule has 2 heteroatoms. The third-order valence-corrected chi connectivity index (χ3v) is 6.43. The fourth-order valence-corrected chi connectivity index (χ4v) is 5.01. The lowest BCUT2D eigenvalue weighted by Gasteiger charge is -2.39. The third-order valence-electron chi connectivity index (χ3n) is 6.43. The summed E-state index contributed by atoms with van der Waals surface area (Å²) in [5, 5.41) is 2.42. The van der Waals surface area contributed by atoms with Gasteiger partial charge in [-0.05, 0) is 11.1 Å². The van der Waals surface area contributed by atoms with Crippen LogP contribution in [0, 0.1) is 0 Å². The first-order valence-corrected chi connectivity index (χ1v) is 10.9. The van der Waals surface area contributed by atoms with Gasteiger partial charge in [0.1, 0.15) is 12.1 Å². The largest absolute Gasteiger partial charge is 0.332 e. The molecule has 1 aliphatic rings. The molecule has 1 fully saturated rings. The summed E-state index contributed by atoms with van der Waals surface area (Å²) in [4.78, 5) is 14.3. The molecule has 31 heavy (non-hydrogen) atoms. The molecule has 4 aromatic carbocycles. The molecule has 1 saturated heterocycles. The Morgan fingerprint density at radius 1 is 0.419 bits per heavy atom. The Morgan fingerprint density at radius 3 is 1.03 bits per heavy atom. The number of rotatable bonds is 4. The van der Waals surface area contributed by atoms with E-state index in [1.165, 1.54) is 11.1 Å². The fourth-order valence-electron chi connectivity index (χ4n) is 5.01. The topological polar surface area (TPSA) is 33.7 Å². The van der Waals surface area contributed by atoms with Crippen LogP contribution in [-0.2, 0) is 4.79 Å². The number of hydrogen-bond donors (Lipinski definition) is 1. The van der Waals surface area contributed by atoms with Crippen molar-refractivity contribution in [2.45, 2.75) is 23.9 Å². The number of quaternary nitrogens is 1. The second-order valence-corrected chi connectivity index (χ2v) is 8.24. The molecule has 2 nitrogen and oxygen atoms in total. The first kappa shape index (κ1) is 19.5. The molecule has 0 saturated carbocycles. The van der Waals surface area contributed by atoms with Gasteiger partial charge in [-0.2, -0.15) is 0 Å². The van der Waals surface area contributed by atoms with E-state index in [-0.39, 0.29) is 23.9 Å². The number of hydrogen-bond acceptors (Lipinski definition) is 1. The van der Waals surface area contributed by atoms with E-state index in [0.717, 1.165) is 11.1 Å². The molecule has 152 valence electrons. The van der Waals surface area contributed by atoms with Gasteiger partial charge in [0.15, 0.2) is 5.78 Å². The van der Waals surface area contributed by atoms with Gasteiger partial charge in [-0.1, -0.05) is 121 Å². The van der Waals surface area contributed by atoms with Crippen LogP contribution in [0.4, 0.5) is 0 Å². The Labute approximate surface area is 183 Å². The van der Waals surface area contributed by atoms with Gasteiger partial charge in [0.2, 0.25) is 0 Å². The maximum absolute atomic E-state index is 14.3. The fraction of sp³-hybridized carbons (Fsp3) is 0.138. The molecule has 4 aromatic rings. The Kier molecular flexibility index (Phi) is 5.47. The van der Waals surface area contributed by atoms with Crippen LogP contribution >= 0.6 is 0 Å².